The fourth-order valence-corrected chi connectivity index (χ4v) is 1.59. The van der Waals surface area contributed by atoms with Gasteiger partial charge in [-0.1, -0.05) is 0 Å². The van der Waals surface area contributed by atoms with Gasteiger partial charge in [0, 0.05) is 12.4 Å². The molecule has 1 aliphatic heterocycles. The first kappa shape index (κ1) is 7.37. The number of rotatable bonds is 0. The Morgan fingerprint density at radius 3 is 3.36 bits per heavy atom. The Bertz CT molecular complexity index is 529. The van der Waals surface area contributed by atoms with E-state index < -0.39 is 0 Å². The van der Waals surface area contributed by atoms with Crippen LogP contribution in [0.1, 0.15) is 5.82 Å². The lowest BCUT2D eigenvalue weighted by Crippen LogP contribution is -2.02. The molecular formula is C9H8N4O. The summed E-state index contributed by atoms with van der Waals surface area (Å²) in [5.41, 5.74) is 7.42. The molecule has 2 N–H and O–H groups in total. The maximum Gasteiger partial charge on any atom is 0.152 e. The van der Waals surface area contributed by atoms with Crippen molar-refractivity contribution < 1.29 is 4.74 Å². The highest BCUT2D eigenvalue weighted by Gasteiger charge is 2.13. The first-order valence-electron chi connectivity index (χ1n) is 4.26. The lowest BCUT2D eigenvalue weighted by atomic mass is 10.4. The number of hydrogen-bond donors (Lipinski definition) is 1. The fraction of sp³-hybridized carbons (Fsp3) is 0.111. The molecule has 0 aromatic carbocycles. The zero-order chi connectivity index (χ0) is 9.54. The summed E-state index contributed by atoms with van der Waals surface area (Å²) in [6, 6.07) is 1.89. The van der Waals surface area contributed by atoms with Gasteiger partial charge in [-0.15, -0.1) is 0 Å². The number of nitrogen functional groups attached to an aromatic ring is 1. The number of hydrogen-bond acceptors (Lipinski definition) is 4. The van der Waals surface area contributed by atoms with Gasteiger partial charge in [-0.25, -0.2) is 9.97 Å². The first-order valence-corrected chi connectivity index (χ1v) is 4.26. The molecule has 0 unspecified atom stereocenters. The Balaban J connectivity index is 2.43. The second-order valence-electron chi connectivity index (χ2n) is 3.06. The van der Waals surface area contributed by atoms with Crippen molar-refractivity contribution in [2.45, 2.75) is 6.61 Å². The topological polar surface area (TPSA) is 66.0 Å². The minimum atomic E-state index is 0.456. The van der Waals surface area contributed by atoms with Gasteiger partial charge >= 0.3 is 0 Å². The van der Waals surface area contributed by atoms with Crippen molar-refractivity contribution in [3.05, 3.63) is 24.3 Å². The van der Waals surface area contributed by atoms with Crippen LogP contribution < -0.4 is 5.73 Å². The number of nitrogens with zero attached hydrogens (tertiary/aromatic N) is 3. The van der Waals surface area contributed by atoms with Crippen LogP contribution in [0.4, 0.5) is 5.82 Å². The molecule has 70 valence electrons. The largest absolute Gasteiger partial charge is 0.492 e. The molecule has 3 rings (SSSR count). The van der Waals surface area contributed by atoms with Gasteiger partial charge in [-0.2, -0.15) is 0 Å². The Kier molecular flexibility index (Phi) is 1.30. The molecule has 0 atom stereocenters. The van der Waals surface area contributed by atoms with Crippen LogP contribution in [0.25, 0.3) is 17.2 Å². The van der Waals surface area contributed by atoms with E-state index in [9.17, 15) is 0 Å². The molecule has 3 heterocycles. The molecule has 0 saturated carbocycles. The molecule has 0 saturated heterocycles. The van der Waals surface area contributed by atoms with Crippen molar-refractivity contribution in [1.29, 1.82) is 0 Å². The summed E-state index contributed by atoms with van der Waals surface area (Å²) in [4.78, 5) is 8.34. The molecule has 0 amide bonds. The number of pyridine rings is 1. The van der Waals surface area contributed by atoms with Gasteiger partial charge in [0.1, 0.15) is 18.4 Å². The number of imidazole rings is 1. The zero-order valence-corrected chi connectivity index (χ0v) is 7.34. The van der Waals surface area contributed by atoms with Crippen LogP contribution in [0.3, 0.4) is 0 Å². The highest BCUT2D eigenvalue weighted by molar-refractivity contribution is 5.86. The predicted molar refractivity (Wildman–Crippen MR) is 52.1 cm³/mol. The van der Waals surface area contributed by atoms with Crippen molar-refractivity contribution in [2.75, 3.05) is 5.73 Å². The second kappa shape index (κ2) is 2.47. The summed E-state index contributed by atoms with van der Waals surface area (Å²) >= 11 is 0. The van der Waals surface area contributed by atoms with Crippen molar-refractivity contribution in [2.24, 2.45) is 0 Å². The lowest BCUT2D eigenvalue weighted by Gasteiger charge is -2.08. The molecular weight excluding hydrogens is 180 g/mol. The van der Waals surface area contributed by atoms with Gasteiger partial charge in [0.25, 0.3) is 0 Å². The number of fused-ring (bicyclic) bond motifs is 3. The maximum atomic E-state index is 5.72. The van der Waals surface area contributed by atoms with E-state index in [0.717, 1.165) is 16.9 Å². The standard InChI is InChI=1S/C9H8N4O/c10-9-8-6(1-2-11-9)13-3-4-14-5-7(13)12-8/h1-4H,5H2,(H2,10,11). The average Bonchev–Trinajstić information content (AvgIpc) is 2.59. The number of ether oxygens (including phenoxy) is 1. The van der Waals surface area contributed by atoms with Crippen LogP contribution in [0, 0.1) is 0 Å². The molecule has 14 heavy (non-hydrogen) atoms. The first-order chi connectivity index (χ1) is 6.86. The van der Waals surface area contributed by atoms with E-state index in [1.54, 1.807) is 12.5 Å². The Hall–Kier alpha value is -2.04. The summed E-state index contributed by atoms with van der Waals surface area (Å²) in [6.45, 7) is 0.477. The van der Waals surface area contributed by atoms with Gasteiger partial charge in [0.05, 0.1) is 5.52 Å². The van der Waals surface area contributed by atoms with Gasteiger partial charge in [-0.05, 0) is 6.07 Å². The molecule has 1 aliphatic rings. The fourth-order valence-electron chi connectivity index (χ4n) is 1.59. The van der Waals surface area contributed by atoms with E-state index in [0.29, 0.717) is 12.4 Å². The van der Waals surface area contributed by atoms with Crippen molar-refractivity contribution >= 4 is 23.1 Å². The number of aromatic nitrogens is 3. The Morgan fingerprint density at radius 1 is 1.50 bits per heavy atom. The molecule has 0 aliphatic carbocycles. The van der Waals surface area contributed by atoms with E-state index in [1.807, 2.05) is 16.8 Å². The van der Waals surface area contributed by atoms with Gasteiger partial charge in [0.15, 0.2) is 11.6 Å². The van der Waals surface area contributed by atoms with Gasteiger partial charge in [-0.3, -0.25) is 4.57 Å². The van der Waals surface area contributed by atoms with Crippen molar-refractivity contribution in [3.8, 4) is 0 Å². The third kappa shape index (κ3) is 0.834. The summed E-state index contributed by atoms with van der Waals surface area (Å²) < 4.78 is 7.10. The van der Waals surface area contributed by atoms with Gasteiger partial charge in [0.2, 0.25) is 0 Å². The van der Waals surface area contributed by atoms with Crippen molar-refractivity contribution in [3.63, 3.8) is 0 Å². The Morgan fingerprint density at radius 2 is 2.43 bits per heavy atom. The molecule has 0 radical (unpaired) electrons. The molecule has 0 spiro atoms. The second-order valence-corrected chi connectivity index (χ2v) is 3.06. The lowest BCUT2D eigenvalue weighted by molar-refractivity contribution is 0.221. The monoisotopic (exact) mass is 188 g/mol. The molecule has 2 aromatic heterocycles. The summed E-state index contributed by atoms with van der Waals surface area (Å²) in [7, 11) is 0. The smallest absolute Gasteiger partial charge is 0.152 e. The SMILES string of the molecule is Nc1nccc2c1nc1n2C=COC1. The molecule has 0 bridgehead atoms. The van der Waals surface area contributed by atoms with Crippen molar-refractivity contribution in [1.82, 2.24) is 14.5 Å². The third-order valence-corrected chi connectivity index (χ3v) is 2.23. The number of anilines is 1. The minimum absolute atomic E-state index is 0.456. The van der Waals surface area contributed by atoms with E-state index in [2.05, 4.69) is 9.97 Å². The van der Waals surface area contributed by atoms with E-state index in [4.69, 9.17) is 10.5 Å². The van der Waals surface area contributed by atoms with Crippen LogP contribution in [0.15, 0.2) is 18.5 Å². The van der Waals surface area contributed by atoms with Crippen LogP contribution in [-0.2, 0) is 11.3 Å². The molecule has 5 nitrogen and oxygen atoms in total. The third-order valence-electron chi connectivity index (χ3n) is 2.23. The molecule has 0 fully saturated rings. The van der Waals surface area contributed by atoms with E-state index in [-0.39, 0.29) is 0 Å². The molecule has 2 aromatic rings. The molecule has 5 heteroatoms. The van der Waals surface area contributed by atoms with Crippen LogP contribution in [0.2, 0.25) is 0 Å². The quantitative estimate of drug-likeness (QED) is 0.669. The van der Waals surface area contributed by atoms with E-state index in [1.165, 1.54) is 0 Å². The predicted octanol–water partition coefficient (Wildman–Crippen LogP) is 0.972. The zero-order valence-electron chi connectivity index (χ0n) is 7.34. The van der Waals surface area contributed by atoms with Crippen LogP contribution >= 0.6 is 0 Å². The highest BCUT2D eigenvalue weighted by atomic mass is 16.5. The highest BCUT2D eigenvalue weighted by Crippen LogP contribution is 2.22. The average molecular weight is 188 g/mol. The van der Waals surface area contributed by atoms with Crippen LogP contribution in [-0.4, -0.2) is 14.5 Å². The maximum absolute atomic E-state index is 5.72. The summed E-state index contributed by atoms with van der Waals surface area (Å²) in [6.07, 6.45) is 5.15. The normalized spacial score (nSPS) is 14.0. The minimum Gasteiger partial charge on any atom is -0.492 e. The van der Waals surface area contributed by atoms with E-state index >= 15 is 0 Å². The number of nitrogens with two attached hydrogens (primary N) is 1. The summed E-state index contributed by atoms with van der Waals surface area (Å²) in [5.74, 6) is 1.31. The van der Waals surface area contributed by atoms with Gasteiger partial charge < -0.3 is 10.5 Å². The Labute approximate surface area is 79.8 Å². The van der Waals surface area contributed by atoms with Crippen LogP contribution in [0.5, 0.6) is 0 Å². The summed E-state index contributed by atoms with van der Waals surface area (Å²) in [5, 5.41) is 0.